The number of rotatable bonds is 9. The van der Waals surface area contributed by atoms with Crippen LogP contribution in [-0.4, -0.2) is 132 Å². The lowest BCUT2D eigenvalue weighted by atomic mass is 9.72. The molecule has 12 rings (SSSR count). The number of pyridine rings is 1. The number of fused-ring (bicyclic) bond motifs is 4. The Hall–Kier alpha value is -8.01. The molecule has 0 radical (unpaired) electrons. The van der Waals surface area contributed by atoms with Gasteiger partial charge in [0.25, 0.3) is 5.56 Å². The highest BCUT2D eigenvalue weighted by Crippen LogP contribution is 2.52. The van der Waals surface area contributed by atoms with Crippen molar-refractivity contribution in [3.63, 3.8) is 0 Å². The predicted molar refractivity (Wildman–Crippen MR) is 318 cm³/mol. The SMILES string of the molecule is CC(=O)[C@]1(O)Cc2c(O)c3c(c(O)c2[C@@H](O[C@H]2C[C@H](N)[C@H](O)[C@H](C)O2)C1)C(=O)c1ccccc1C3=O.Cn1cncc1C(N)(c1ccc(Cl)cc1)c1ccc2c(c1)c(-c1cccc(Cl)c1)cc(=O)n2C.Nc1ccn([C@@H]2O[C@H](CO)[C@@H](O)[C@@H]2O)c(=O)n1. The Morgan fingerprint density at radius 2 is 1.49 bits per heavy atom. The Morgan fingerprint density at radius 3 is 2.09 bits per heavy atom. The highest BCUT2D eigenvalue weighted by molar-refractivity contribution is 6.31. The number of ether oxygens (including phenoxy) is 3. The molecule has 5 heterocycles. The fraction of sp³-hybridized carbons (Fsp3) is 0.306. The van der Waals surface area contributed by atoms with Crippen molar-refractivity contribution in [3.8, 4) is 22.6 Å². The molecule has 5 aromatic carbocycles. The third kappa shape index (κ3) is 11.4. The molecule has 0 spiro atoms. The highest BCUT2D eigenvalue weighted by atomic mass is 35.5. The number of carbonyl (C=O) groups excluding carboxylic acids is 3. The predicted octanol–water partition coefficient (Wildman–Crippen LogP) is 3.95. The average molecular weight is 1230 g/mol. The van der Waals surface area contributed by atoms with Gasteiger partial charge < -0.3 is 76.3 Å². The molecule has 8 aromatic rings. The van der Waals surface area contributed by atoms with Crippen LogP contribution in [-0.2, 0) is 45.1 Å². The van der Waals surface area contributed by atoms with Gasteiger partial charge in [0, 0.05) is 89.3 Å². The molecule has 1 unspecified atom stereocenters. The summed E-state index contributed by atoms with van der Waals surface area (Å²) in [6.45, 7) is 2.35. The Balaban J connectivity index is 0.000000153. The van der Waals surface area contributed by atoms with Crippen LogP contribution in [0.25, 0.3) is 22.0 Å². The van der Waals surface area contributed by atoms with Crippen molar-refractivity contribution in [2.45, 2.75) is 99.4 Å². The molecule has 4 aliphatic rings. The van der Waals surface area contributed by atoms with E-state index in [1.54, 1.807) is 49.3 Å². The monoisotopic (exact) mass is 1230 g/mol. The molecule has 2 saturated heterocycles. The van der Waals surface area contributed by atoms with E-state index in [1.807, 2.05) is 78.3 Å². The van der Waals surface area contributed by atoms with E-state index in [9.17, 15) is 54.6 Å². The summed E-state index contributed by atoms with van der Waals surface area (Å²) >= 11 is 12.4. The summed E-state index contributed by atoms with van der Waals surface area (Å²) in [6, 6.07) is 29.4. The Bertz CT molecular complexity index is 4130. The zero-order valence-corrected chi connectivity index (χ0v) is 48.7. The van der Waals surface area contributed by atoms with Gasteiger partial charge in [0.05, 0.1) is 59.8 Å². The van der Waals surface area contributed by atoms with Gasteiger partial charge in [-0.05, 0) is 78.6 Å². The van der Waals surface area contributed by atoms with Crippen LogP contribution < -0.4 is 28.5 Å². The average Bonchev–Trinajstić information content (AvgIpc) is 1.22. The quantitative estimate of drug-likeness (QED) is 0.0914. The highest BCUT2D eigenvalue weighted by Gasteiger charge is 2.50. The van der Waals surface area contributed by atoms with Crippen LogP contribution in [0, 0.1) is 0 Å². The van der Waals surface area contributed by atoms with Crippen molar-refractivity contribution in [3.05, 3.63) is 203 Å². The summed E-state index contributed by atoms with van der Waals surface area (Å²) in [5.74, 6) is -3.00. The molecule has 2 aliphatic heterocycles. The van der Waals surface area contributed by atoms with Crippen molar-refractivity contribution >= 4 is 57.3 Å². The molecule has 0 bridgehead atoms. The number of ketones is 3. The third-order valence-electron chi connectivity index (χ3n) is 16.5. The van der Waals surface area contributed by atoms with E-state index < -0.39 is 114 Å². The number of aliphatic hydroxyl groups excluding tert-OH is 4. The summed E-state index contributed by atoms with van der Waals surface area (Å²) in [5, 5.41) is 74.1. The fourth-order valence-corrected chi connectivity index (χ4v) is 12.0. The van der Waals surface area contributed by atoms with E-state index in [1.165, 1.54) is 31.3 Å². The molecule has 2 fully saturated rings. The lowest BCUT2D eigenvalue weighted by molar-refractivity contribution is -0.247. The minimum Gasteiger partial charge on any atom is -0.507 e. The van der Waals surface area contributed by atoms with Crippen molar-refractivity contribution in [2.75, 3.05) is 12.3 Å². The van der Waals surface area contributed by atoms with Gasteiger partial charge in [0.1, 0.15) is 46.8 Å². The summed E-state index contributed by atoms with van der Waals surface area (Å²) < 4.78 is 21.5. The molecule has 2 aliphatic carbocycles. The van der Waals surface area contributed by atoms with Gasteiger partial charge in [-0.15, -0.1) is 0 Å². The molecule has 3 aromatic heterocycles. The number of aryl methyl sites for hydroxylation is 2. The minimum atomic E-state index is -1.97. The zero-order chi connectivity index (χ0) is 62.7. The normalized spacial score (nSPS) is 24.6. The van der Waals surface area contributed by atoms with Crippen LogP contribution in [0.5, 0.6) is 11.5 Å². The number of aromatic hydroxyl groups is 2. The van der Waals surface area contributed by atoms with E-state index in [4.69, 9.17) is 59.7 Å². The Labute approximate surface area is 506 Å². The first kappa shape index (κ1) is 62.1. The van der Waals surface area contributed by atoms with Crippen molar-refractivity contribution < 1.29 is 64.3 Å². The van der Waals surface area contributed by atoms with E-state index in [0.29, 0.717) is 10.0 Å². The molecular weight excluding hydrogens is 1170 g/mol. The van der Waals surface area contributed by atoms with Crippen molar-refractivity contribution in [2.24, 2.45) is 25.6 Å². The molecule has 0 amide bonds. The first-order chi connectivity index (χ1) is 41.3. The number of nitrogens with zero attached hydrogens (tertiary/aromatic N) is 5. The molecule has 87 heavy (non-hydrogen) atoms. The van der Waals surface area contributed by atoms with Crippen LogP contribution >= 0.6 is 23.2 Å². The van der Waals surface area contributed by atoms with E-state index in [-0.39, 0.29) is 57.6 Å². The second-order valence-corrected chi connectivity index (χ2v) is 22.8. The molecule has 11 atom stereocenters. The number of aromatic nitrogens is 5. The topological polar surface area (TPSA) is 373 Å². The lowest BCUT2D eigenvalue weighted by Gasteiger charge is -2.42. The Morgan fingerprint density at radius 1 is 0.828 bits per heavy atom. The maximum atomic E-state index is 13.3. The van der Waals surface area contributed by atoms with E-state index in [0.717, 1.165) is 43.4 Å². The van der Waals surface area contributed by atoms with Gasteiger partial charge in [0.15, 0.2) is 29.9 Å². The number of nitrogens with two attached hydrogens (primary N) is 3. The number of anilines is 1. The maximum Gasteiger partial charge on any atom is 0.351 e. The number of phenolic OH excluding ortho intramolecular Hbond substituents is 2. The van der Waals surface area contributed by atoms with Crippen LogP contribution in [0.4, 0.5) is 5.82 Å². The lowest BCUT2D eigenvalue weighted by Crippen LogP contribution is -2.52. The van der Waals surface area contributed by atoms with Crippen LogP contribution in [0.1, 0.15) is 98.8 Å². The van der Waals surface area contributed by atoms with Gasteiger partial charge in [-0.25, -0.2) is 9.78 Å². The van der Waals surface area contributed by atoms with Gasteiger partial charge in [0.2, 0.25) is 0 Å². The smallest absolute Gasteiger partial charge is 0.351 e. The third-order valence-corrected chi connectivity index (χ3v) is 17.0. The second kappa shape index (κ2) is 24.3. The molecule has 23 nitrogen and oxygen atoms in total. The summed E-state index contributed by atoms with van der Waals surface area (Å²) in [4.78, 5) is 71.1. The van der Waals surface area contributed by atoms with Crippen LogP contribution in [0.2, 0.25) is 10.0 Å². The number of phenols is 2. The van der Waals surface area contributed by atoms with Crippen LogP contribution in [0.3, 0.4) is 0 Å². The number of aliphatic hydroxyl groups is 5. The number of carbonyl (C=O) groups is 3. The first-order valence-corrected chi connectivity index (χ1v) is 28.2. The standard InChI is InChI=1S/C27H22Cl2N4O.C26H27NO9.C9H13N3O5/c1-32-16-31-15-25(32)27(30,18-6-9-20(28)10-7-18)19-8-11-24-23(13-19)22(14-26(34)33(24)2)17-4-3-5-21(29)12-17;1-10-21(29)15(27)7-17(35-10)36-16-9-26(34,11(2)28)8-14-18(16)25(33)20-19(24(14)32)22(30)12-5-3-4-6-13(12)23(20)31;10-5-1-2-12(9(16)11-5)8-7(15)6(14)4(3-13)17-8/h3-16H,30H2,1-2H3;3-6,10,15-17,21,29,32-34H,7-9,27H2,1-2H3;1-2,4,6-8,13-15H,3H2,(H2,10,11,16)/t;10-,15-,16-,17-,21+,26-;4-,6-,7+,8-/m.01/s1. The number of hydrogen-bond donors (Lipinski definition) is 10. The molecule has 13 N–H and O–H groups in total. The second-order valence-electron chi connectivity index (χ2n) is 22.0. The van der Waals surface area contributed by atoms with Crippen molar-refractivity contribution in [1.29, 1.82) is 0 Å². The molecular formula is C62H62Cl2N8O15. The minimum absolute atomic E-state index is 0.00588. The first-order valence-electron chi connectivity index (χ1n) is 27.4. The fourth-order valence-electron chi connectivity index (χ4n) is 11.7. The van der Waals surface area contributed by atoms with Gasteiger partial charge in [-0.1, -0.05) is 77.8 Å². The summed E-state index contributed by atoms with van der Waals surface area (Å²) in [5.41, 5.74) is 19.1. The molecule has 454 valence electrons. The molecule has 0 saturated carbocycles. The van der Waals surface area contributed by atoms with E-state index >= 15 is 0 Å². The van der Waals surface area contributed by atoms with Gasteiger partial charge in [-0.2, -0.15) is 4.98 Å². The number of halogens is 2. The summed E-state index contributed by atoms with van der Waals surface area (Å²) in [7, 11) is 3.68. The van der Waals surface area contributed by atoms with Gasteiger partial charge >= 0.3 is 5.69 Å². The zero-order valence-electron chi connectivity index (χ0n) is 47.2. The summed E-state index contributed by atoms with van der Waals surface area (Å²) in [6.07, 6.45) is -4.14. The number of benzene rings is 5. The number of imidazole rings is 1. The Kier molecular flexibility index (Phi) is 17.3. The molecule has 25 heteroatoms. The largest absolute Gasteiger partial charge is 0.507 e. The van der Waals surface area contributed by atoms with E-state index in [2.05, 4.69) is 9.97 Å². The number of Topliss-reactive ketones (excluding diaryl/α,β-unsaturated/α-hetero) is 1. The maximum absolute atomic E-state index is 13.3. The van der Waals surface area contributed by atoms with Crippen LogP contribution in [0.15, 0.2) is 131 Å². The number of hydrogen-bond acceptors (Lipinski definition) is 20. The number of nitrogen functional groups attached to an aromatic ring is 1. The van der Waals surface area contributed by atoms with Crippen molar-refractivity contribution in [1.82, 2.24) is 23.7 Å². The van der Waals surface area contributed by atoms with Gasteiger partial charge in [-0.3, -0.25) is 23.7 Å².